The molecule has 3 heterocycles. The Balaban J connectivity index is 2.13. The van der Waals surface area contributed by atoms with Gasteiger partial charge in [-0.05, 0) is 24.3 Å². The number of Topliss-reactive ketones (excluding diaryl/α,β-unsaturated/α-hetero) is 1. The van der Waals surface area contributed by atoms with Gasteiger partial charge in [0.05, 0.1) is 5.69 Å². The van der Waals surface area contributed by atoms with Crippen LogP contribution in [0.2, 0.25) is 0 Å². The van der Waals surface area contributed by atoms with E-state index in [1.165, 1.54) is 6.92 Å². The lowest BCUT2D eigenvalue weighted by molar-refractivity contribution is 0.101. The zero-order valence-electron chi connectivity index (χ0n) is 9.87. The van der Waals surface area contributed by atoms with Crippen LogP contribution >= 0.6 is 0 Å². The molecule has 0 saturated carbocycles. The molecule has 88 valence electrons. The van der Waals surface area contributed by atoms with Crippen LogP contribution in [0.25, 0.3) is 17.0 Å². The van der Waals surface area contributed by atoms with E-state index in [2.05, 4.69) is 9.97 Å². The monoisotopic (exact) mass is 237 g/mol. The second kappa shape index (κ2) is 4.07. The highest BCUT2D eigenvalue weighted by molar-refractivity contribution is 5.92. The van der Waals surface area contributed by atoms with Gasteiger partial charge in [-0.15, -0.1) is 0 Å². The van der Waals surface area contributed by atoms with Crippen LogP contribution in [0.1, 0.15) is 17.4 Å². The number of pyridine rings is 2. The van der Waals surface area contributed by atoms with Crippen molar-refractivity contribution < 1.29 is 4.79 Å². The Morgan fingerprint density at radius 3 is 2.72 bits per heavy atom. The van der Waals surface area contributed by atoms with E-state index in [9.17, 15) is 4.79 Å². The molecule has 0 N–H and O–H groups in total. The first-order valence-corrected chi connectivity index (χ1v) is 5.66. The van der Waals surface area contributed by atoms with Gasteiger partial charge in [-0.25, -0.2) is 9.97 Å². The van der Waals surface area contributed by atoms with Crippen molar-refractivity contribution in [3.8, 4) is 11.4 Å². The fourth-order valence-corrected chi connectivity index (χ4v) is 1.83. The molecular formula is C14H11N3O. The molecule has 0 aliphatic heterocycles. The standard InChI is InChI=1S/C14H11N3O/c1-10(18)11-5-4-6-12(15-11)13-9-17-8-3-2-7-14(17)16-13/h2-9H,1H3. The van der Waals surface area contributed by atoms with E-state index in [1.54, 1.807) is 6.07 Å². The summed E-state index contributed by atoms with van der Waals surface area (Å²) in [6.07, 6.45) is 3.84. The molecule has 0 amide bonds. The minimum atomic E-state index is -0.0411. The van der Waals surface area contributed by atoms with Gasteiger partial charge in [-0.2, -0.15) is 0 Å². The SMILES string of the molecule is CC(=O)c1cccc(-c2cn3ccccc3n2)n1. The Morgan fingerprint density at radius 2 is 1.94 bits per heavy atom. The van der Waals surface area contributed by atoms with Gasteiger partial charge < -0.3 is 4.40 Å². The molecule has 3 rings (SSSR count). The molecule has 0 saturated heterocycles. The molecule has 0 bridgehead atoms. The first kappa shape index (κ1) is 10.7. The number of ketones is 1. The summed E-state index contributed by atoms with van der Waals surface area (Å²) in [7, 11) is 0. The van der Waals surface area contributed by atoms with E-state index in [1.807, 2.05) is 47.1 Å². The average molecular weight is 237 g/mol. The number of rotatable bonds is 2. The smallest absolute Gasteiger partial charge is 0.178 e. The fourth-order valence-electron chi connectivity index (χ4n) is 1.83. The Labute approximate surface area is 104 Å². The topological polar surface area (TPSA) is 47.3 Å². The lowest BCUT2D eigenvalue weighted by Gasteiger charge is -1.98. The second-order valence-electron chi connectivity index (χ2n) is 4.06. The summed E-state index contributed by atoms with van der Waals surface area (Å²) < 4.78 is 1.93. The highest BCUT2D eigenvalue weighted by atomic mass is 16.1. The van der Waals surface area contributed by atoms with E-state index in [0.717, 1.165) is 11.3 Å². The maximum atomic E-state index is 11.3. The lowest BCUT2D eigenvalue weighted by atomic mass is 10.2. The van der Waals surface area contributed by atoms with E-state index >= 15 is 0 Å². The number of nitrogens with zero attached hydrogens (tertiary/aromatic N) is 3. The first-order valence-electron chi connectivity index (χ1n) is 5.66. The molecule has 0 aliphatic carbocycles. The van der Waals surface area contributed by atoms with Gasteiger partial charge in [0.15, 0.2) is 5.78 Å². The Bertz CT molecular complexity index is 697. The van der Waals surface area contributed by atoms with E-state index in [0.29, 0.717) is 11.4 Å². The van der Waals surface area contributed by atoms with Crippen molar-refractivity contribution in [1.29, 1.82) is 0 Å². The molecule has 0 aliphatic rings. The Morgan fingerprint density at radius 1 is 1.06 bits per heavy atom. The number of carbonyl (C=O) groups is 1. The van der Waals surface area contributed by atoms with Crippen molar-refractivity contribution in [2.24, 2.45) is 0 Å². The highest BCUT2D eigenvalue weighted by Gasteiger charge is 2.07. The van der Waals surface area contributed by atoms with Crippen LogP contribution in [0.4, 0.5) is 0 Å². The molecule has 0 radical (unpaired) electrons. The Hall–Kier alpha value is -2.49. The molecule has 0 unspecified atom stereocenters. The molecule has 4 nitrogen and oxygen atoms in total. The average Bonchev–Trinajstić information content (AvgIpc) is 2.82. The molecule has 0 atom stereocenters. The molecule has 4 heteroatoms. The van der Waals surface area contributed by atoms with Gasteiger partial charge in [0.25, 0.3) is 0 Å². The molecule has 3 aromatic rings. The number of fused-ring (bicyclic) bond motifs is 1. The zero-order chi connectivity index (χ0) is 12.5. The minimum Gasteiger partial charge on any atom is -0.306 e. The van der Waals surface area contributed by atoms with Gasteiger partial charge in [0.1, 0.15) is 17.0 Å². The van der Waals surface area contributed by atoms with Crippen LogP contribution in [0.15, 0.2) is 48.8 Å². The summed E-state index contributed by atoms with van der Waals surface area (Å²) in [6.45, 7) is 1.51. The number of aromatic nitrogens is 3. The van der Waals surface area contributed by atoms with Crippen molar-refractivity contribution in [1.82, 2.24) is 14.4 Å². The summed E-state index contributed by atoms with van der Waals surface area (Å²) in [5.41, 5.74) is 2.81. The second-order valence-corrected chi connectivity index (χ2v) is 4.06. The summed E-state index contributed by atoms with van der Waals surface area (Å²) >= 11 is 0. The third kappa shape index (κ3) is 1.78. The van der Waals surface area contributed by atoms with Crippen LogP contribution in [0.5, 0.6) is 0 Å². The van der Waals surface area contributed by atoms with E-state index in [-0.39, 0.29) is 5.78 Å². The van der Waals surface area contributed by atoms with Crippen molar-refractivity contribution >= 4 is 11.4 Å². The van der Waals surface area contributed by atoms with Crippen LogP contribution in [-0.2, 0) is 0 Å². The zero-order valence-corrected chi connectivity index (χ0v) is 9.87. The third-order valence-electron chi connectivity index (χ3n) is 2.74. The van der Waals surface area contributed by atoms with Crippen molar-refractivity contribution in [3.63, 3.8) is 0 Å². The predicted octanol–water partition coefficient (Wildman–Crippen LogP) is 2.60. The van der Waals surface area contributed by atoms with Crippen LogP contribution < -0.4 is 0 Å². The van der Waals surface area contributed by atoms with Gasteiger partial charge in [0.2, 0.25) is 0 Å². The summed E-state index contributed by atoms with van der Waals surface area (Å²) in [4.78, 5) is 20.1. The summed E-state index contributed by atoms with van der Waals surface area (Å²) in [6, 6.07) is 11.2. The first-order chi connectivity index (χ1) is 8.74. The van der Waals surface area contributed by atoms with Crippen molar-refractivity contribution in [3.05, 3.63) is 54.5 Å². The van der Waals surface area contributed by atoms with E-state index < -0.39 is 0 Å². The molecule has 0 aromatic carbocycles. The van der Waals surface area contributed by atoms with Crippen LogP contribution in [0, 0.1) is 0 Å². The van der Waals surface area contributed by atoms with Gasteiger partial charge in [-0.3, -0.25) is 4.79 Å². The minimum absolute atomic E-state index is 0.0411. The van der Waals surface area contributed by atoms with E-state index in [4.69, 9.17) is 0 Å². The third-order valence-corrected chi connectivity index (χ3v) is 2.74. The number of carbonyl (C=O) groups excluding carboxylic acids is 1. The van der Waals surface area contributed by atoms with Gasteiger partial charge >= 0.3 is 0 Å². The normalized spacial score (nSPS) is 10.7. The van der Waals surface area contributed by atoms with Gasteiger partial charge in [-0.1, -0.05) is 12.1 Å². The maximum Gasteiger partial charge on any atom is 0.178 e. The number of imidazole rings is 1. The largest absolute Gasteiger partial charge is 0.306 e. The quantitative estimate of drug-likeness (QED) is 0.643. The maximum absolute atomic E-state index is 11.3. The van der Waals surface area contributed by atoms with Gasteiger partial charge in [0, 0.05) is 19.3 Å². The lowest BCUT2D eigenvalue weighted by Crippen LogP contribution is -1.97. The number of hydrogen-bond donors (Lipinski definition) is 0. The summed E-state index contributed by atoms with van der Waals surface area (Å²) in [5.74, 6) is -0.0411. The molecule has 0 spiro atoms. The van der Waals surface area contributed by atoms with Crippen LogP contribution in [-0.4, -0.2) is 20.2 Å². The molecule has 0 fully saturated rings. The number of hydrogen-bond acceptors (Lipinski definition) is 3. The summed E-state index contributed by atoms with van der Waals surface area (Å²) in [5, 5.41) is 0. The molecule has 18 heavy (non-hydrogen) atoms. The molecular weight excluding hydrogens is 226 g/mol. The fraction of sp³-hybridized carbons (Fsp3) is 0.0714. The predicted molar refractivity (Wildman–Crippen MR) is 68.4 cm³/mol. The molecule has 3 aromatic heterocycles. The van der Waals surface area contributed by atoms with Crippen molar-refractivity contribution in [2.45, 2.75) is 6.92 Å². The van der Waals surface area contributed by atoms with Crippen molar-refractivity contribution in [2.75, 3.05) is 0 Å². The Kier molecular flexibility index (Phi) is 2.41. The highest BCUT2D eigenvalue weighted by Crippen LogP contribution is 2.17. The van der Waals surface area contributed by atoms with Crippen LogP contribution in [0.3, 0.4) is 0 Å².